The summed E-state index contributed by atoms with van der Waals surface area (Å²) < 4.78 is 13.0. The fourth-order valence-corrected chi connectivity index (χ4v) is 4.27. The van der Waals surface area contributed by atoms with Crippen molar-refractivity contribution in [1.82, 2.24) is 9.97 Å². The van der Waals surface area contributed by atoms with E-state index >= 15 is 0 Å². The van der Waals surface area contributed by atoms with Gasteiger partial charge in [-0.2, -0.15) is 0 Å². The topological polar surface area (TPSA) is 41.0 Å². The average molecular weight is 356 g/mol. The summed E-state index contributed by atoms with van der Waals surface area (Å²) >= 11 is 1.76. The van der Waals surface area contributed by atoms with Crippen molar-refractivity contribution in [2.24, 2.45) is 0 Å². The van der Waals surface area contributed by atoms with Gasteiger partial charge in [0, 0.05) is 29.7 Å². The van der Waals surface area contributed by atoms with Gasteiger partial charge in [0.2, 0.25) is 0 Å². The van der Waals surface area contributed by atoms with Gasteiger partial charge in [0.25, 0.3) is 0 Å². The Balaban J connectivity index is 1.45. The van der Waals surface area contributed by atoms with Crippen LogP contribution in [0.4, 0.5) is 15.9 Å². The predicted octanol–water partition coefficient (Wildman–Crippen LogP) is 4.47. The molecule has 1 aliphatic heterocycles. The Morgan fingerprint density at radius 2 is 1.96 bits per heavy atom. The molecule has 0 saturated carbocycles. The number of nitrogens with one attached hydrogen (secondary N) is 1. The maximum absolute atomic E-state index is 13.0. The average Bonchev–Trinajstić information content (AvgIpc) is 3.08. The van der Waals surface area contributed by atoms with Crippen LogP contribution >= 0.6 is 11.3 Å². The minimum atomic E-state index is -0.199. The second-order valence-electron chi connectivity index (χ2n) is 6.39. The molecule has 1 aromatic carbocycles. The second-order valence-corrected chi connectivity index (χ2v) is 7.51. The number of nitrogens with zero attached hydrogens (tertiary/aromatic N) is 3. The normalized spacial score (nSPS) is 15.7. The Morgan fingerprint density at radius 1 is 1.20 bits per heavy atom. The molecule has 0 spiro atoms. The van der Waals surface area contributed by atoms with Crippen molar-refractivity contribution < 1.29 is 4.39 Å². The van der Waals surface area contributed by atoms with Gasteiger partial charge in [0.1, 0.15) is 22.8 Å². The molecule has 3 aromatic rings. The number of fused-ring (bicyclic) bond motifs is 1. The van der Waals surface area contributed by atoms with Gasteiger partial charge < -0.3 is 10.2 Å². The molecule has 25 heavy (non-hydrogen) atoms. The molecule has 1 saturated heterocycles. The smallest absolute Gasteiger partial charge is 0.140 e. The highest BCUT2D eigenvalue weighted by Crippen LogP contribution is 2.32. The lowest BCUT2D eigenvalue weighted by atomic mass is 10.0. The summed E-state index contributed by atoms with van der Waals surface area (Å²) in [6, 6.07) is 9.24. The summed E-state index contributed by atoms with van der Waals surface area (Å²) in [6.45, 7) is 4.09. The van der Waals surface area contributed by atoms with E-state index in [1.54, 1.807) is 29.8 Å². The number of piperidine rings is 1. The van der Waals surface area contributed by atoms with Crippen LogP contribution in [0.5, 0.6) is 0 Å². The van der Waals surface area contributed by atoms with Gasteiger partial charge in [-0.3, -0.25) is 0 Å². The molecular formula is C19H21FN4S. The summed E-state index contributed by atoms with van der Waals surface area (Å²) in [6.07, 6.45) is 4.78. The van der Waals surface area contributed by atoms with Crippen molar-refractivity contribution in [1.29, 1.82) is 0 Å². The number of rotatable bonds is 4. The van der Waals surface area contributed by atoms with E-state index in [4.69, 9.17) is 0 Å². The maximum Gasteiger partial charge on any atom is 0.140 e. The first-order valence-corrected chi connectivity index (χ1v) is 9.55. The van der Waals surface area contributed by atoms with Crippen LogP contribution in [0.2, 0.25) is 0 Å². The monoisotopic (exact) mass is 356 g/mol. The first-order valence-electron chi connectivity index (χ1n) is 8.73. The molecule has 4 nitrogen and oxygen atoms in total. The number of halogens is 1. The molecule has 0 bridgehead atoms. The number of benzene rings is 1. The van der Waals surface area contributed by atoms with Gasteiger partial charge in [-0.05, 0) is 49.6 Å². The van der Waals surface area contributed by atoms with Crippen LogP contribution in [0, 0.1) is 5.82 Å². The van der Waals surface area contributed by atoms with Gasteiger partial charge in [-0.1, -0.05) is 6.92 Å². The van der Waals surface area contributed by atoms with Crippen LogP contribution in [-0.4, -0.2) is 29.1 Å². The van der Waals surface area contributed by atoms with Gasteiger partial charge in [0.05, 0.1) is 5.39 Å². The van der Waals surface area contributed by atoms with Gasteiger partial charge in [-0.15, -0.1) is 11.3 Å². The molecule has 6 heteroatoms. The van der Waals surface area contributed by atoms with Gasteiger partial charge in [-0.25, -0.2) is 14.4 Å². The molecule has 4 rings (SSSR count). The summed E-state index contributed by atoms with van der Waals surface area (Å²) in [4.78, 5) is 13.8. The maximum atomic E-state index is 13.0. The fourth-order valence-electron chi connectivity index (χ4n) is 3.34. The molecular weight excluding hydrogens is 335 g/mol. The second kappa shape index (κ2) is 6.96. The summed E-state index contributed by atoms with van der Waals surface area (Å²) in [5.74, 6) is 0.858. The van der Waals surface area contributed by atoms with E-state index < -0.39 is 0 Å². The molecule has 0 amide bonds. The van der Waals surface area contributed by atoms with Crippen molar-refractivity contribution in [2.45, 2.75) is 32.2 Å². The Kier molecular flexibility index (Phi) is 4.53. The zero-order valence-corrected chi connectivity index (χ0v) is 15.0. The molecule has 0 aliphatic carbocycles. The first kappa shape index (κ1) is 16.3. The highest BCUT2D eigenvalue weighted by molar-refractivity contribution is 7.18. The SMILES string of the molecule is CCc1cc2c(N3CCC(Nc4ccc(F)cc4)CC3)ncnc2s1. The standard InChI is InChI=1S/C19H21FN4S/c1-2-16-11-17-18(21-12-22-19(17)25-16)24-9-7-15(8-10-24)23-14-5-3-13(20)4-6-14/h3-6,11-12,15,23H,2,7-10H2,1H3. The van der Waals surface area contributed by atoms with E-state index in [9.17, 15) is 4.39 Å². The van der Waals surface area contributed by atoms with Crippen LogP contribution in [0.15, 0.2) is 36.7 Å². The molecule has 0 radical (unpaired) electrons. The zero-order chi connectivity index (χ0) is 17.2. The summed E-state index contributed by atoms with van der Waals surface area (Å²) in [7, 11) is 0. The molecule has 1 N–H and O–H groups in total. The predicted molar refractivity (Wildman–Crippen MR) is 102 cm³/mol. The minimum absolute atomic E-state index is 0.199. The lowest BCUT2D eigenvalue weighted by Gasteiger charge is -2.33. The number of thiophene rings is 1. The van der Waals surface area contributed by atoms with Crippen LogP contribution in [0.1, 0.15) is 24.6 Å². The number of aromatic nitrogens is 2. The third-order valence-corrected chi connectivity index (χ3v) is 5.90. The quantitative estimate of drug-likeness (QED) is 0.749. The van der Waals surface area contributed by atoms with Gasteiger partial charge >= 0.3 is 0 Å². The largest absolute Gasteiger partial charge is 0.382 e. The minimum Gasteiger partial charge on any atom is -0.382 e. The Morgan fingerprint density at radius 3 is 2.68 bits per heavy atom. The van der Waals surface area contributed by atoms with E-state index in [1.807, 2.05) is 0 Å². The lowest BCUT2D eigenvalue weighted by molar-refractivity contribution is 0.524. The molecule has 1 fully saturated rings. The zero-order valence-electron chi connectivity index (χ0n) is 14.2. The van der Waals surface area contributed by atoms with Crippen molar-refractivity contribution in [3.8, 4) is 0 Å². The van der Waals surface area contributed by atoms with E-state index in [2.05, 4.69) is 33.2 Å². The molecule has 0 unspecified atom stereocenters. The van der Waals surface area contributed by atoms with Crippen LogP contribution in [0.25, 0.3) is 10.2 Å². The number of anilines is 2. The number of hydrogen-bond acceptors (Lipinski definition) is 5. The molecule has 1 aliphatic rings. The summed E-state index contributed by atoms with van der Waals surface area (Å²) in [5, 5.41) is 4.68. The van der Waals surface area contributed by atoms with Crippen molar-refractivity contribution in [3.05, 3.63) is 47.4 Å². The molecule has 0 atom stereocenters. The van der Waals surface area contributed by atoms with E-state index in [1.165, 1.54) is 22.4 Å². The molecule has 130 valence electrons. The van der Waals surface area contributed by atoms with Crippen molar-refractivity contribution >= 4 is 33.1 Å². The Hall–Kier alpha value is -2.21. The highest BCUT2D eigenvalue weighted by Gasteiger charge is 2.22. The van der Waals surface area contributed by atoms with Crippen LogP contribution < -0.4 is 10.2 Å². The number of aryl methyl sites for hydroxylation is 1. The molecule has 2 aromatic heterocycles. The van der Waals surface area contributed by atoms with E-state index in [0.717, 1.165) is 48.7 Å². The lowest BCUT2D eigenvalue weighted by Crippen LogP contribution is -2.39. The van der Waals surface area contributed by atoms with Gasteiger partial charge in [0.15, 0.2) is 0 Å². The third kappa shape index (κ3) is 3.44. The fraction of sp³-hybridized carbons (Fsp3) is 0.368. The number of hydrogen-bond donors (Lipinski definition) is 1. The summed E-state index contributed by atoms with van der Waals surface area (Å²) in [5.41, 5.74) is 0.981. The van der Waals surface area contributed by atoms with Crippen molar-refractivity contribution in [2.75, 3.05) is 23.3 Å². The van der Waals surface area contributed by atoms with E-state index in [0.29, 0.717) is 6.04 Å². The highest BCUT2D eigenvalue weighted by atomic mass is 32.1. The first-order chi connectivity index (χ1) is 12.2. The van der Waals surface area contributed by atoms with Crippen LogP contribution in [-0.2, 0) is 6.42 Å². The van der Waals surface area contributed by atoms with Crippen molar-refractivity contribution in [3.63, 3.8) is 0 Å². The van der Waals surface area contributed by atoms with Crippen LogP contribution in [0.3, 0.4) is 0 Å². The Bertz CT molecular complexity index is 853. The third-order valence-electron chi connectivity index (χ3n) is 4.72. The van der Waals surface area contributed by atoms with E-state index in [-0.39, 0.29) is 5.82 Å². The molecule has 3 heterocycles. The Labute approximate surface area is 150 Å².